The normalized spacial score (nSPS) is 15.2. The summed E-state index contributed by atoms with van der Waals surface area (Å²) >= 11 is 7.26. The quantitative estimate of drug-likeness (QED) is 0.341. The van der Waals surface area contributed by atoms with E-state index < -0.39 is 12.0 Å². The number of hydrogen-bond donors (Lipinski definition) is 0. The number of thiazole rings is 1. The molecular weight excluding hydrogens is 508 g/mol. The van der Waals surface area contributed by atoms with E-state index >= 15 is 0 Å². The Hall–Kier alpha value is -3.94. The summed E-state index contributed by atoms with van der Waals surface area (Å²) in [5.74, 6) is 0.139. The topological polar surface area (TPSA) is 69.9 Å². The zero-order valence-corrected chi connectivity index (χ0v) is 21.8. The van der Waals surface area contributed by atoms with Gasteiger partial charge in [-0.3, -0.25) is 9.36 Å². The van der Waals surface area contributed by atoms with Crippen LogP contribution >= 0.6 is 22.9 Å². The highest BCUT2D eigenvalue weighted by molar-refractivity contribution is 7.07. The standard InChI is InChI=1S/C29H23ClN2O4S/c1-18-25(28(34)35-2)26(20-8-4-3-5-9-20)32-27(33)24(37-29(32)31-18)16-21-10-6-7-11-23(21)36-17-19-12-14-22(30)15-13-19/h3-16,26H,17H2,1-2H3/b24-16-/t26-/m1/s1. The molecule has 0 saturated heterocycles. The largest absolute Gasteiger partial charge is 0.488 e. The van der Waals surface area contributed by atoms with Crippen molar-refractivity contribution >= 4 is 35.0 Å². The van der Waals surface area contributed by atoms with Crippen LogP contribution in [0.3, 0.4) is 0 Å². The molecule has 0 unspecified atom stereocenters. The van der Waals surface area contributed by atoms with E-state index in [4.69, 9.17) is 21.1 Å². The number of halogens is 1. The molecule has 8 heteroatoms. The molecule has 6 nitrogen and oxygen atoms in total. The highest BCUT2D eigenvalue weighted by atomic mass is 35.5. The molecule has 0 aliphatic carbocycles. The van der Waals surface area contributed by atoms with Crippen molar-refractivity contribution in [2.75, 3.05) is 7.11 Å². The molecule has 1 atom stereocenters. The van der Waals surface area contributed by atoms with Crippen LogP contribution in [0.2, 0.25) is 5.02 Å². The van der Waals surface area contributed by atoms with Crippen LogP contribution in [0.15, 0.2) is 99.9 Å². The van der Waals surface area contributed by atoms with Crippen molar-refractivity contribution in [3.63, 3.8) is 0 Å². The number of hydrogen-bond acceptors (Lipinski definition) is 6. The Morgan fingerprint density at radius 1 is 1.05 bits per heavy atom. The van der Waals surface area contributed by atoms with E-state index in [-0.39, 0.29) is 5.56 Å². The summed E-state index contributed by atoms with van der Waals surface area (Å²) in [6.07, 6.45) is 1.81. The Labute approximate surface area is 222 Å². The van der Waals surface area contributed by atoms with Gasteiger partial charge in [0.15, 0.2) is 4.80 Å². The summed E-state index contributed by atoms with van der Waals surface area (Å²) in [6.45, 7) is 2.12. The number of aromatic nitrogens is 1. The predicted octanol–water partition coefficient (Wildman–Crippen LogP) is 4.64. The second-order valence-electron chi connectivity index (χ2n) is 8.44. The van der Waals surface area contributed by atoms with Gasteiger partial charge in [-0.2, -0.15) is 0 Å². The van der Waals surface area contributed by atoms with Crippen molar-refractivity contribution in [3.8, 4) is 5.75 Å². The average molecular weight is 531 g/mol. The molecule has 0 fully saturated rings. The number of esters is 1. The van der Waals surface area contributed by atoms with Crippen LogP contribution < -0.4 is 19.6 Å². The number of methoxy groups -OCH3 is 1. The average Bonchev–Trinajstić information content (AvgIpc) is 3.22. The molecule has 0 N–H and O–H groups in total. The maximum Gasteiger partial charge on any atom is 0.338 e. The van der Waals surface area contributed by atoms with Gasteiger partial charge in [-0.05, 0) is 42.3 Å². The van der Waals surface area contributed by atoms with Gasteiger partial charge in [0, 0.05) is 10.6 Å². The monoisotopic (exact) mass is 530 g/mol. The van der Waals surface area contributed by atoms with Crippen LogP contribution in [0.25, 0.3) is 6.08 Å². The molecule has 4 aromatic rings. The summed E-state index contributed by atoms with van der Waals surface area (Å²) in [5, 5.41) is 0.666. The van der Waals surface area contributed by atoms with E-state index in [1.54, 1.807) is 17.6 Å². The van der Waals surface area contributed by atoms with E-state index in [9.17, 15) is 9.59 Å². The number of ether oxygens (including phenoxy) is 2. The number of carbonyl (C=O) groups is 1. The SMILES string of the molecule is COC(=O)C1=C(C)N=c2s/c(=C\c3ccccc3OCc3ccc(Cl)cc3)c(=O)n2[C@@H]1c1ccccc1. The fraction of sp³-hybridized carbons (Fsp3) is 0.138. The second kappa shape index (κ2) is 10.6. The van der Waals surface area contributed by atoms with Crippen molar-refractivity contribution in [2.24, 2.45) is 4.99 Å². The minimum Gasteiger partial charge on any atom is -0.488 e. The Bertz CT molecular complexity index is 1670. The summed E-state index contributed by atoms with van der Waals surface area (Å²) in [7, 11) is 1.33. The zero-order chi connectivity index (χ0) is 25.9. The lowest BCUT2D eigenvalue weighted by molar-refractivity contribution is -0.136. The van der Waals surface area contributed by atoms with E-state index in [0.717, 1.165) is 16.7 Å². The van der Waals surface area contributed by atoms with E-state index in [1.165, 1.54) is 18.4 Å². The van der Waals surface area contributed by atoms with Crippen LogP contribution in [-0.4, -0.2) is 17.6 Å². The fourth-order valence-corrected chi connectivity index (χ4v) is 5.42. The van der Waals surface area contributed by atoms with Crippen molar-refractivity contribution in [3.05, 3.63) is 132 Å². The van der Waals surface area contributed by atoms with Gasteiger partial charge in [0.25, 0.3) is 5.56 Å². The van der Waals surface area contributed by atoms with Crippen molar-refractivity contribution < 1.29 is 14.3 Å². The van der Waals surface area contributed by atoms with Gasteiger partial charge < -0.3 is 9.47 Å². The first-order chi connectivity index (χ1) is 18.0. The third-order valence-electron chi connectivity index (χ3n) is 6.06. The first-order valence-corrected chi connectivity index (χ1v) is 12.8. The molecule has 0 saturated carbocycles. The van der Waals surface area contributed by atoms with Crippen molar-refractivity contribution in [1.82, 2.24) is 4.57 Å². The molecule has 5 rings (SSSR count). The molecule has 2 heterocycles. The predicted molar refractivity (Wildman–Crippen MR) is 144 cm³/mol. The number of para-hydroxylation sites is 1. The van der Waals surface area contributed by atoms with Crippen molar-refractivity contribution in [1.29, 1.82) is 0 Å². The molecule has 0 bridgehead atoms. The van der Waals surface area contributed by atoms with Gasteiger partial charge >= 0.3 is 5.97 Å². The molecule has 186 valence electrons. The third-order valence-corrected chi connectivity index (χ3v) is 7.29. The molecule has 1 aliphatic heterocycles. The number of benzene rings is 3. The van der Waals surface area contributed by atoms with Gasteiger partial charge in [-0.1, -0.05) is 83.6 Å². The summed E-state index contributed by atoms with van der Waals surface area (Å²) in [4.78, 5) is 31.6. The lowest BCUT2D eigenvalue weighted by Gasteiger charge is -2.24. The van der Waals surface area contributed by atoms with Crippen LogP contribution in [0.4, 0.5) is 0 Å². The van der Waals surface area contributed by atoms with Gasteiger partial charge in [0.1, 0.15) is 12.4 Å². The highest BCUT2D eigenvalue weighted by Gasteiger charge is 2.32. The van der Waals surface area contributed by atoms with E-state index in [1.807, 2.05) is 78.9 Å². The Morgan fingerprint density at radius 3 is 2.49 bits per heavy atom. The smallest absolute Gasteiger partial charge is 0.338 e. The summed E-state index contributed by atoms with van der Waals surface area (Å²) in [6, 6.07) is 23.8. The zero-order valence-electron chi connectivity index (χ0n) is 20.2. The van der Waals surface area contributed by atoms with E-state index in [0.29, 0.717) is 38.0 Å². The number of nitrogens with zero attached hydrogens (tertiary/aromatic N) is 2. The van der Waals surface area contributed by atoms with Gasteiger partial charge in [0.05, 0.1) is 29.0 Å². The van der Waals surface area contributed by atoms with Crippen LogP contribution in [0.1, 0.15) is 29.7 Å². The third kappa shape index (κ3) is 5.01. The van der Waals surface area contributed by atoms with Gasteiger partial charge in [-0.15, -0.1) is 0 Å². The Balaban J connectivity index is 1.58. The summed E-state index contributed by atoms with van der Waals surface area (Å²) < 4.78 is 13.2. The lowest BCUT2D eigenvalue weighted by atomic mass is 9.96. The van der Waals surface area contributed by atoms with Gasteiger partial charge in [0.2, 0.25) is 0 Å². The molecular formula is C29H23ClN2O4S. The maximum atomic E-state index is 13.7. The molecule has 1 aromatic heterocycles. The lowest BCUT2D eigenvalue weighted by Crippen LogP contribution is -2.39. The number of carbonyl (C=O) groups excluding carboxylic acids is 1. The molecule has 1 aliphatic rings. The van der Waals surface area contributed by atoms with Crippen LogP contribution in [0.5, 0.6) is 5.75 Å². The Morgan fingerprint density at radius 2 is 1.76 bits per heavy atom. The van der Waals surface area contributed by atoms with Crippen molar-refractivity contribution in [2.45, 2.75) is 19.6 Å². The minimum atomic E-state index is -0.636. The first kappa shape index (κ1) is 24.7. The second-order valence-corrected chi connectivity index (χ2v) is 9.88. The number of fused-ring (bicyclic) bond motifs is 1. The first-order valence-electron chi connectivity index (χ1n) is 11.6. The highest BCUT2D eigenvalue weighted by Crippen LogP contribution is 2.30. The molecule has 0 spiro atoms. The molecule has 0 amide bonds. The Kier molecular flexibility index (Phi) is 7.08. The van der Waals surface area contributed by atoms with Gasteiger partial charge in [-0.25, -0.2) is 9.79 Å². The minimum absolute atomic E-state index is 0.237. The fourth-order valence-electron chi connectivity index (χ4n) is 4.26. The molecule has 3 aromatic carbocycles. The molecule has 0 radical (unpaired) electrons. The maximum absolute atomic E-state index is 13.7. The number of allylic oxidation sites excluding steroid dienone is 1. The number of rotatable bonds is 6. The molecule has 37 heavy (non-hydrogen) atoms. The summed E-state index contributed by atoms with van der Waals surface area (Å²) in [5.41, 5.74) is 3.18. The van der Waals surface area contributed by atoms with E-state index in [2.05, 4.69) is 4.99 Å². The van der Waals surface area contributed by atoms with Crippen LogP contribution in [0, 0.1) is 0 Å². The van der Waals surface area contributed by atoms with Crippen LogP contribution in [-0.2, 0) is 16.1 Å².